The summed E-state index contributed by atoms with van der Waals surface area (Å²) in [6, 6.07) is 9.57. The first-order valence-corrected chi connectivity index (χ1v) is 12.2. The first kappa shape index (κ1) is 28.3. The molecule has 210 valence electrons. The molecule has 0 bridgehead atoms. The predicted octanol–water partition coefficient (Wildman–Crippen LogP) is 4.24. The van der Waals surface area contributed by atoms with Gasteiger partial charge in [0.15, 0.2) is 5.75 Å². The first-order valence-electron chi connectivity index (χ1n) is 12.2. The van der Waals surface area contributed by atoms with E-state index in [0.717, 1.165) is 6.07 Å². The van der Waals surface area contributed by atoms with Crippen LogP contribution < -0.4 is 31.0 Å². The topological polar surface area (TPSA) is 129 Å². The van der Waals surface area contributed by atoms with Gasteiger partial charge >= 0.3 is 12.3 Å². The highest BCUT2D eigenvalue weighted by Gasteiger charge is 2.31. The Morgan fingerprint density at radius 3 is 2.40 bits per heavy atom. The standard InChI is InChI=1S/C27H25F3N4O6/c1-4-38-26(37)20(34-21-22(35)23(36)24(21)39-14(2)3)11-15-5-7-16(8-6-15)33-25-18-12-17(40-27(28,29)30)9-10-19(18)31-13-32-25/h5-10,12-14,20,34H,4,11H2,1-3H3,(H,31,32,33)/t20-/m0/s1. The van der Waals surface area contributed by atoms with Crippen LogP contribution in [0.15, 0.2) is 58.4 Å². The first-order chi connectivity index (χ1) is 18.9. The molecule has 0 aliphatic carbocycles. The van der Waals surface area contributed by atoms with Gasteiger partial charge in [-0.2, -0.15) is 0 Å². The van der Waals surface area contributed by atoms with Gasteiger partial charge in [0.25, 0.3) is 10.9 Å². The number of fused-ring (bicyclic) bond motifs is 1. The van der Waals surface area contributed by atoms with Crippen LogP contribution in [-0.2, 0) is 16.0 Å². The molecule has 0 unspecified atom stereocenters. The number of carbonyl (C=O) groups is 1. The molecule has 3 aromatic carbocycles. The molecule has 4 rings (SSSR count). The summed E-state index contributed by atoms with van der Waals surface area (Å²) in [5, 5.41) is 6.16. The minimum Gasteiger partial charge on any atom is -0.485 e. The normalized spacial score (nSPS) is 12.4. The molecule has 0 amide bonds. The van der Waals surface area contributed by atoms with Crippen LogP contribution >= 0.6 is 0 Å². The van der Waals surface area contributed by atoms with Gasteiger partial charge in [-0.05, 0) is 56.7 Å². The second-order valence-corrected chi connectivity index (χ2v) is 8.95. The summed E-state index contributed by atoms with van der Waals surface area (Å²) in [5.41, 5.74) is 0.0517. The van der Waals surface area contributed by atoms with E-state index in [1.807, 2.05) is 0 Å². The van der Waals surface area contributed by atoms with Crippen LogP contribution in [0, 0.1) is 0 Å². The van der Waals surface area contributed by atoms with Gasteiger partial charge in [-0.15, -0.1) is 13.2 Å². The summed E-state index contributed by atoms with van der Waals surface area (Å²) in [6.07, 6.45) is -3.80. The number of anilines is 3. The van der Waals surface area contributed by atoms with Gasteiger partial charge in [0, 0.05) is 17.5 Å². The Bertz CT molecular complexity index is 1580. The van der Waals surface area contributed by atoms with Gasteiger partial charge in [-0.1, -0.05) is 12.1 Å². The van der Waals surface area contributed by atoms with Crippen molar-refractivity contribution in [1.29, 1.82) is 0 Å². The number of esters is 1. The smallest absolute Gasteiger partial charge is 0.485 e. The second-order valence-electron chi connectivity index (χ2n) is 8.95. The van der Waals surface area contributed by atoms with Gasteiger partial charge in [0.05, 0.1) is 18.2 Å². The lowest BCUT2D eigenvalue weighted by Gasteiger charge is -2.22. The summed E-state index contributed by atoms with van der Waals surface area (Å²) in [5.74, 6) is -0.879. The average Bonchev–Trinajstić information content (AvgIpc) is 2.90. The number of rotatable bonds is 11. The quantitative estimate of drug-likeness (QED) is 0.204. The van der Waals surface area contributed by atoms with Crippen molar-refractivity contribution in [3.05, 3.63) is 74.8 Å². The maximum Gasteiger partial charge on any atom is 0.573 e. The minimum atomic E-state index is -4.84. The van der Waals surface area contributed by atoms with E-state index >= 15 is 0 Å². The molecule has 0 aliphatic heterocycles. The number of hydrogen-bond donors (Lipinski definition) is 2. The van der Waals surface area contributed by atoms with Crippen molar-refractivity contribution in [2.75, 3.05) is 17.2 Å². The summed E-state index contributed by atoms with van der Waals surface area (Å²) in [6.45, 7) is 5.18. The van der Waals surface area contributed by atoms with E-state index in [2.05, 4.69) is 25.3 Å². The lowest BCUT2D eigenvalue weighted by Crippen LogP contribution is -2.42. The third-order valence-electron chi connectivity index (χ3n) is 5.61. The molecule has 10 nitrogen and oxygen atoms in total. The van der Waals surface area contributed by atoms with E-state index in [4.69, 9.17) is 9.47 Å². The average molecular weight is 559 g/mol. The molecule has 13 heteroatoms. The van der Waals surface area contributed by atoms with E-state index in [0.29, 0.717) is 22.2 Å². The Balaban J connectivity index is 1.52. The third kappa shape index (κ3) is 6.65. The number of alkyl halides is 3. The lowest BCUT2D eigenvalue weighted by atomic mass is 10.0. The number of hydrogen-bond acceptors (Lipinski definition) is 10. The summed E-state index contributed by atoms with van der Waals surface area (Å²) >= 11 is 0. The number of halogens is 3. The number of nitrogens with zero attached hydrogens (tertiary/aromatic N) is 2. The summed E-state index contributed by atoms with van der Waals surface area (Å²) in [4.78, 5) is 44.9. The molecule has 0 fully saturated rings. The molecule has 0 spiro atoms. The van der Waals surface area contributed by atoms with Crippen LogP contribution in [0.4, 0.5) is 30.4 Å². The Morgan fingerprint density at radius 2 is 1.75 bits per heavy atom. The molecule has 1 heterocycles. The number of ether oxygens (including phenoxy) is 3. The fourth-order valence-corrected chi connectivity index (χ4v) is 3.89. The Labute approximate surface area is 225 Å². The fraction of sp³-hybridized carbons (Fsp3) is 0.296. The van der Waals surface area contributed by atoms with E-state index in [-0.39, 0.29) is 36.4 Å². The van der Waals surface area contributed by atoms with Crippen LogP contribution in [0.1, 0.15) is 26.3 Å². The van der Waals surface area contributed by atoms with Crippen molar-refractivity contribution in [2.45, 2.75) is 45.7 Å². The van der Waals surface area contributed by atoms with E-state index < -0.39 is 35.0 Å². The zero-order chi connectivity index (χ0) is 29.0. The molecule has 4 aromatic rings. The highest BCUT2D eigenvalue weighted by molar-refractivity contribution is 5.91. The van der Waals surface area contributed by atoms with Crippen LogP contribution in [0.5, 0.6) is 11.5 Å². The molecule has 0 radical (unpaired) electrons. The van der Waals surface area contributed by atoms with Gasteiger partial charge in [-0.3, -0.25) is 9.59 Å². The highest BCUT2D eigenvalue weighted by atomic mass is 19.4. The Kier molecular flexibility index (Phi) is 8.21. The monoisotopic (exact) mass is 558 g/mol. The predicted molar refractivity (Wildman–Crippen MR) is 141 cm³/mol. The summed E-state index contributed by atoms with van der Waals surface area (Å²) in [7, 11) is 0. The zero-order valence-electron chi connectivity index (χ0n) is 21.7. The lowest BCUT2D eigenvalue weighted by molar-refractivity contribution is -0.274. The fourth-order valence-electron chi connectivity index (χ4n) is 3.89. The molecule has 1 aromatic heterocycles. The maximum absolute atomic E-state index is 12.7. The molecular weight excluding hydrogens is 533 g/mol. The van der Waals surface area contributed by atoms with Crippen molar-refractivity contribution in [3.63, 3.8) is 0 Å². The Hall–Kier alpha value is -4.68. The van der Waals surface area contributed by atoms with Crippen LogP contribution in [0.2, 0.25) is 0 Å². The molecular formula is C27H25F3N4O6. The Morgan fingerprint density at radius 1 is 1.02 bits per heavy atom. The number of carbonyl (C=O) groups excluding carboxylic acids is 1. The van der Waals surface area contributed by atoms with Crippen LogP contribution in [0.3, 0.4) is 0 Å². The summed E-state index contributed by atoms with van der Waals surface area (Å²) < 4.78 is 52.6. The van der Waals surface area contributed by atoms with E-state index in [1.54, 1.807) is 45.0 Å². The number of nitrogens with one attached hydrogen (secondary N) is 2. The van der Waals surface area contributed by atoms with Gasteiger partial charge < -0.3 is 24.8 Å². The van der Waals surface area contributed by atoms with Crippen LogP contribution in [-0.4, -0.2) is 41.1 Å². The molecule has 0 aliphatic rings. The molecule has 40 heavy (non-hydrogen) atoms. The maximum atomic E-state index is 12.7. The highest BCUT2D eigenvalue weighted by Crippen LogP contribution is 2.30. The molecule has 1 atom stereocenters. The van der Waals surface area contributed by atoms with Gasteiger partial charge in [0.1, 0.15) is 29.6 Å². The van der Waals surface area contributed by atoms with E-state index in [1.165, 1.54) is 18.5 Å². The van der Waals surface area contributed by atoms with Crippen molar-refractivity contribution in [2.24, 2.45) is 0 Å². The third-order valence-corrected chi connectivity index (χ3v) is 5.61. The van der Waals surface area contributed by atoms with Crippen molar-refractivity contribution >= 4 is 34.1 Å². The van der Waals surface area contributed by atoms with Crippen LogP contribution in [0.25, 0.3) is 10.9 Å². The van der Waals surface area contributed by atoms with Gasteiger partial charge in [-0.25, -0.2) is 14.8 Å². The number of benzene rings is 2. The van der Waals surface area contributed by atoms with E-state index in [9.17, 15) is 27.6 Å². The van der Waals surface area contributed by atoms with Crippen molar-refractivity contribution in [3.8, 4) is 11.5 Å². The minimum absolute atomic E-state index is 0.0699. The molecule has 2 N–H and O–H groups in total. The van der Waals surface area contributed by atoms with Crippen molar-refractivity contribution in [1.82, 2.24) is 9.97 Å². The molecule has 0 saturated heterocycles. The SMILES string of the molecule is CCOC(=O)[C@H](Cc1ccc(Nc2ncnc3ccc(OC(F)(F)F)cc23)cc1)Nc1c(OC(C)C)c(=O)c1=O. The van der Waals surface area contributed by atoms with Gasteiger partial charge in [0.2, 0.25) is 0 Å². The second kappa shape index (κ2) is 11.6. The zero-order valence-corrected chi connectivity index (χ0v) is 21.7. The van der Waals surface area contributed by atoms with Crippen molar-refractivity contribution < 1.29 is 32.2 Å². The number of aromatic nitrogens is 2. The molecule has 0 saturated carbocycles. The largest absolute Gasteiger partial charge is 0.573 e.